The summed E-state index contributed by atoms with van der Waals surface area (Å²) in [6.45, 7) is 5.46. The number of benzene rings is 1. The minimum atomic E-state index is -0.111. The van der Waals surface area contributed by atoms with Crippen LogP contribution in [-0.2, 0) is 11.3 Å². The third-order valence-corrected chi connectivity index (χ3v) is 4.56. The molecule has 0 aliphatic carbocycles. The lowest BCUT2D eigenvalue weighted by Crippen LogP contribution is -3.11. The number of likely N-dealkylation sites (N-methyl/N-ethyl adjacent to an activating group) is 1. The number of carbonyl (C=O) groups excluding carboxylic acids is 1. The highest BCUT2D eigenvalue weighted by molar-refractivity contribution is 5.91. The number of amides is 1. The highest BCUT2D eigenvalue weighted by Gasteiger charge is 2.15. The number of anilines is 1. The molecule has 146 valence electrons. The van der Waals surface area contributed by atoms with E-state index < -0.39 is 0 Å². The van der Waals surface area contributed by atoms with Crippen LogP contribution in [0, 0.1) is 6.92 Å². The van der Waals surface area contributed by atoms with Gasteiger partial charge in [0.05, 0.1) is 13.7 Å². The Morgan fingerprint density at radius 3 is 2.82 bits per heavy atom. The van der Waals surface area contributed by atoms with Crippen molar-refractivity contribution in [1.82, 2.24) is 9.38 Å². The van der Waals surface area contributed by atoms with Gasteiger partial charge in [-0.25, -0.2) is 4.98 Å². The van der Waals surface area contributed by atoms with Crippen molar-refractivity contribution >= 4 is 17.2 Å². The second-order valence-electron chi connectivity index (χ2n) is 6.76. The molecule has 0 saturated heterocycles. The summed E-state index contributed by atoms with van der Waals surface area (Å²) < 4.78 is 6.72. The number of ether oxygens (including phenoxy) is 1. The molecule has 1 amide bonds. The maximum absolute atomic E-state index is 12.4. The van der Waals surface area contributed by atoms with Gasteiger partial charge in [0.25, 0.3) is 11.5 Å². The highest BCUT2D eigenvalue weighted by Crippen LogP contribution is 2.16. The number of nitrogens with one attached hydrogen (secondary N) is 2. The highest BCUT2D eigenvalue weighted by atomic mass is 16.5. The van der Waals surface area contributed by atoms with E-state index in [1.54, 1.807) is 29.8 Å². The fraction of sp³-hybridized carbons (Fsp3) is 0.286. The van der Waals surface area contributed by atoms with Crippen LogP contribution in [0.1, 0.15) is 18.2 Å². The molecule has 0 fully saturated rings. The lowest BCUT2D eigenvalue weighted by molar-refractivity contribution is -0.904. The molecule has 2 N–H and O–H groups in total. The fourth-order valence-electron chi connectivity index (χ4n) is 3.05. The second kappa shape index (κ2) is 8.67. The van der Waals surface area contributed by atoms with Crippen LogP contribution in [0.25, 0.3) is 5.65 Å². The van der Waals surface area contributed by atoms with Crippen molar-refractivity contribution in [2.24, 2.45) is 0 Å². The van der Waals surface area contributed by atoms with Gasteiger partial charge in [0.15, 0.2) is 6.54 Å². The van der Waals surface area contributed by atoms with Crippen molar-refractivity contribution in [3.63, 3.8) is 0 Å². The Kier molecular flexibility index (Phi) is 6.06. The molecule has 1 atom stereocenters. The largest absolute Gasteiger partial charge is 0.497 e. The SMILES string of the molecule is CC[NH+](CC(=O)Nc1cccc(OC)c1)Cc1cc(=O)n2cc(C)ccc2n1. The van der Waals surface area contributed by atoms with Crippen LogP contribution in [0.15, 0.2) is 53.5 Å². The minimum Gasteiger partial charge on any atom is -0.497 e. The molecule has 2 heterocycles. The molecule has 0 bridgehead atoms. The number of hydrogen-bond acceptors (Lipinski definition) is 4. The summed E-state index contributed by atoms with van der Waals surface area (Å²) in [5.41, 5.74) is 2.88. The first-order valence-electron chi connectivity index (χ1n) is 9.25. The van der Waals surface area contributed by atoms with Crippen molar-refractivity contribution < 1.29 is 14.4 Å². The van der Waals surface area contributed by atoms with E-state index in [9.17, 15) is 9.59 Å². The molecule has 3 rings (SSSR count). The van der Waals surface area contributed by atoms with E-state index in [2.05, 4.69) is 10.3 Å². The van der Waals surface area contributed by atoms with Crippen LogP contribution < -0.4 is 20.5 Å². The first kappa shape index (κ1) is 19.6. The second-order valence-corrected chi connectivity index (χ2v) is 6.76. The smallest absolute Gasteiger partial charge is 0.279 e. The van der Waals surface area contributed by atoms with Gasteiger partial charge in [0, 0.05) is 24.0 Å². The van der Waals surface area contributed by atoms with Crippen molar-refractivity contribution in [1.29, 1.82) is 0 Å². The molecule has 2 aromatic heterocycles. The van der Waals surface area contributed by atoms with E-state index in [1.807, 2.05) is 44.2 Å². The molecular weight excluding hydrogens is 356 g/mol. The molecule has 0 spiro atoms. The summed E-state index contributed by atoms with van der Waals surface area (Å²) in [5.74, 6) is 0.590. The molecule has 3 aromatic rings. The topological polar surface area (TPSA) is 77.1 Å². The first-order valence-corrected chi connectivity index (χ1v) is 9.25. The Hall–Kier alpha value is -3.19. The van der Waals surface area contributed by atoms with Crippen LogP contribution in [0.5, 0.6) is 5.75 Å². The van der Waals surface area contributed by atoms with Gasteiger partial charge in [-0.3, -0.25) is 14.0 Å². The van der Waals surface area contributed by atoms with Gasteiger partial charge in [-0.1, -0.05) is 12.1 Å². The van der Waals surface area contributed by atoms with Gasteiger partial charge in [-0.2, -0.15) is 0 Å². The van der Waals surface area contributed by atoms with Gasteiger partial charge in [0.2, 0.25) is 0 Å². The van der Waals surface area contributed by atoms with E-state index >= 15 is 0 Å². The summed E-state index contributed by atoms with van der Waals surface area (Å²) in [4.78, 5) is 30.4. The Morgan fingerprint density at radius 1 is 1.25 bits per heavy atom. The number of aryl methyl sites for hydroxylation is 1. The number of nitrogens with zero attached hydrogens (tertiary/aromatic N) is 2. The summed E-state index contributed by atoms with van der Waals surface area (Å²) in [5, 5.41) is 2.89. The standard InChI is InChI=1S/C21H24N4O3/c1-4-24(14-20(26)23-16-6-5-7-18(10-16)28-3)13-17-11-21(27)25-12-15(2)8-9-19(25)22-17/h5-12H,4,13-14H2,1-3H3,(H,23,26)/p+1. The number of methoxy groups -OCH3 is 1. The Balaban J connectivity index is 1.70. The Labute approximate surface area is 163 Å². The Bertz CT molecular complexity index is 1050. The van der Waals surface area contributed by atoms with E-state index in [0.29, 0.717) is 29.3 Å². The number of quaternary nitrogens is 1. The minimum absolute atomic E-state index is 0.0989. The number of fused-ring (bicyclic) bond motifs is 1. The zero-order valence-electron chi connectivity index (χ0n) is 16.4. The van der Waals surface area contributed by atoms with Gasteiger partial charge in [-0.05, 0) is 37.6 Å². The lowest BCUT2D eigenvalue weighted by atomic mass is 10.3. The van der Waals surface area contributed by atoms with E-state index in [0.717, 1.165) is 17.0 Å². The number of pyridine rings is 1. The van der Waals surface area contributed by atoms with E-state index in [-0.39, 0.29) is 18.0 Å². The third kappa shape index (κ3) is 4.75. The summed E-state index contributed by atoms with van der Waals surface area (Å²) >= 11 is 0. The zero-order valence-corrected chi connectivity index (χ0v) is 16.4. The van der Waals surface area contributed by atoms with Gasteiger partial charge in [0.1, 0.15) is 23.6 Å². The van der Waals surface area contributed by atoms with Crippen LogP contribution >= 0.6 is 0 Å². The molecule has 1 unspecified atom stereocenters. The molecule has 0 aliphatic rings. The predicted octanol–water partition coefficient (Wildman–Crippen LogP) is 1.06. The summed E-state index contributed by atoms with van der Waals surface area (Å²) in [6, 6.07) is 12.6. The van der Waals surface area contributed by atoms with Gasteiger partial charge >= 0.3 is 0 Å². The summed E-state index contributed by atoms with van der Waals surface area (Å²) in [6.07, 6.45) is 1.78. The molecular formula is C21H25N4O3+. The summed E-state index contributed by atoms with van der Waals surface area (Å²) in [7, 11) is 1.59. The number of hydrogen-bond donors (Lipinski definition) is 2. The lowest BCUT2D eigenvalue weighted by Gasteiger charge is -2.17. The van der Waals surface area contributed by atoms with E-state index in [4.69, 9.17) is 4.74 Å². The van der Waals surface area contributed by atoms with Crippen molar-refractivity contribution in [2.75, 3.05) is 25.5 Å². The number of rotatable bonds is 7. The normalized spacial score (nSPS) is 12.0. The number of aromatic nitrogens is 2. The van der Waals surface area contributed by atoms with Crippen molar-refractivity contribution in [3.05, 3.63) is 70.3 Å². The van der Waals surface area contributed by atoms with Crippen molar-refractivity contribution in [3.8, 4) is 5.75 Å². The fourth-order valence-corrected chi connectivity index (χ4v) is 3.05. The molecule has 1 aromatic carbocycles. The predicted molar refractivity (Wildman–Crippen MR) is 108 cm³/mol. The average Bonchev–Trinajstić information content (AvgIpc) is 2.68. The number of carbonyl (C=O) groups is 1. The maximum atomic E-state index is 12.4. The van der Waals surface area contributed by atoms with Crippen LogP contribution in [0.4, 0.5) is 5.69 Å². The molecule has 7 nitrogen and oxygen atoms in total. The molecule has 0 aliphatic heterocycles. The molecule has 0 radical (unpaired) electrons. The van der Waals surface area contributed by atoms with Gasteiger partial charge < -0.3 is 15.0 Å². The Morgan fingerprint density at radius 2 is 2.07 bits per heavy atom. The van der Waals surface area contributed by atoms with Crippen LogP contribution in [-0.4, -0.2) is 35.5 Å². The molecule has 7 heteroatoms. The quantitative estimate of drug-likeness (QED) is 0.642. The zero-order chi connectivity index (χ0) is 20.1. The first-order chi connectivity index (χ1) is 13.5. The third-order valence-electron chi connectivity index (χ3n) is 4.56. The monoisotopic (exact) mass is 381 g/mol. The molecule has 0 saturated carbocycles. The van der Waals surface area contributed by atoms with Crippen LogP contribution in [0.2, 0.25) is 0 Å². The average molecular weight is 381 g/mol. The van der Waals surface area contributed by atoms with Gasteiger partial charge in [-0.15, -0.1) is 0 Å². The van der Waals surface area contributed by atoms with Crippen LogP contribution in [0.3, 0.4) is 0 Å². The van der Waals surface area contributed by atoms with Crippen molar-refractivity contribution in [2.45, 2.75) is 20.4 Å². The van der Waals surface area contributed by atoms with E-state index in [1.165, 1.54) is 0 Å². The molecule has 28 heavy (non-hydrogen) atoms. The maximum Gasteiger partial charge on any atom is 0.279 e.